The molecule has 0 N–H and O–H groups in total. The fourth-order valence-corrected chi connectivity index (χ4v) is 1.55. The number of likely N-dealkylation sites (N-methyl/N-ethyl adjacent to an activating group) is 1. The first-order valence-electron chi connectivity index (χ1n) is 5.62. The van der Waals surface area contributed by atoms with Crippen molar-refractivity contribution in [3.05, 3.63) is 48.6 Å². The molecule has 5 nitrogen and oxygen atoms in total. The fourth-order valence-electron chi connectivity index (χ4n) is 1.55. The van der Waals surface area contributed by atoms with E-state index in [4.69, 9.17) is 0 Å². The standard InChI is InChI=1S/C12H18N.CH4O4S.ClH/c1-5-12(13(2,3)4)11-9-7-6-8-10-11;1-5-6(2,3)4;/h5-10,12H,1H2,2-4H3;1H3,(H,2,3,4);1H/q+1;;/p-2. The summed E-state index contributed by atoms with van der Waals surface area (Å²) in [7, 11) is 2.94. The lowest BCUT2D eigenvalue weighted by molar-refractivity contribution is -0.895. The third-order valence-corrected chi connectivity index (χ3v) is 2.81. The Labute approximate surface area is 127 Å². The summed E-state index contributed by atoms with van der Waals surface area (Å²) in [6.45, 7) is 3.89. The van der Waals surface area contributed by atoms with Gasteiger partial charge in [0.25, 0.3) is 0 Å². The van der Waals surface area contributed by atoms with Gasteiger partial charge in [0.2, 0.25) is 10.4 Å². The highest BCUT2D eigenvalue weighted by molar-refractivity contribution is 7.80. The molecule has 1 atom stereocenters. The number of rotatable bonds is 4. The molecular formula is C13H21ClNO4S-. The van der Waals surface area contributed by atoms with Gasteiger partial charge in [-0.1, -0.05) is 36.9 Å². The summed E-state index contributed by atoms with van der Waals surface area (Å²) in [5.74, 6) is 0. The zero-order valence-corrected chi connectivity index (χ0v) is 13.7. The van der Waals surface area contributed by atoms with Crippen molar-refractivity contribution < 1.29 is 34.0 Å². The summed E-state index contributed by atoms with van der Waals surface area (Å²) in [5, 5.41) is 0. The monoisotopic (exact) mass is 322 g/mol. The Balaban J connectivity index is 0. The number of benzene rings is 1. The number of hydrogen-bond donors (Lipinski definition) is 0. The Bertz CT molecular complexity index is 483. The minimum atomic E-state index is -4.41. The second-order valence-corrected chi connectivity index (χ2v) is 5.93. The molecule has 0 heterocycles. The van der Waals surface area contributed by atoms with Crippen LogP contribution in [0.25, 0.3) is 0 Å². The Morgan fingerprint density at radius 2 is 1.65 bits per heavy atom. The lowest BCUT2D eigenvalue weighted by Crippen LogP contribution is -3.00. The van der Waals surface area contributed by atoms with Crippen LogP contribution in [-0.2, 0) is 14.6 Å². The molecule has 1 unspecified atom stereocenters. The molecule has 0 aliphatic heterocycles. The Hall–Kier alpha value is -0.920. The summed E-state index contributed by atoms with van der Waals surface area (Å²) >= 11 is 0. The second-order valence-electron chi connectivity index (χ2n) is 4.78. The lowest BCUT2D eigenvalue weighted by atomic mass is 10.1. The van der Waals surface area contributed by atoms with Crippen molar-refractivity contribution in [2.24, 2.45) is 0 Å². The topological polar surface area (TPSA) is 66.4 Å². The summed E-state index contributed by atoms with van der Waals surface area (Å²) < 4.78 is 31.9. The van der Waals surface area contributed by atoms with E-state index < -0.39 is 10.4 Å². The van der Waals surface area contributed by atoms with E-state index in [-0.39, 0.29) is 12.4 Å². The highest BCUT2D eigenvalue weighted by Gasteiger charge is 2.21. The molecule has 1 rings (SSSR count). The summed E-state index contributed by atoms with van der Waals surface area (Å²) in [6, 6.07) is 10.9. The van der Waals surface area contributed by atoms with Crippen LogP contribution in [0.2, 0.25) is 0 Å². The normalized spacial score (nSPS) is 12.4. The molecule has 0 aliphatic carbocycles. The molecule has 0 radical (unpaired) electrons. The van der Waals surface area contributed by atoms with Gasteiger partial charge in [-0.15, -0.1) is 0 Å². The van der Waals surface area contributed by atoms with Gasteiger partial charge in [-0.25, -0.2) is 8.42 Å². The first kappa shape index (κ1) is 21.4. The van der Waals surface area contributed by atoms with E-state index in [1.807, 2.05) is 12.1 Å². The lowest BCUT2D eigenvalue weighted by Gasteiger charge is -2.32. The van der Waals surface area contributed by atoms with E-state index in [0.717, 1.165) is 11.6 Å². The average molecular weight is 323 g/mol. The molecule has 20 heavy (non-hydrogen) atoms. The molecule has 0 fully saturated rings. The summed E-state index contributed by atoms with van der Waals surface area (Å²) in [6.07, 6.45) is 2.01. The zero-order chi connectivity index (χ0) is 15.1. The Morgan fingerprint density at radius 1 is 1.25 bits per heavy atom. The van der Waals surface area contributed by atoms with Crippen LogP contribution in [-0.4, -0.2) is 45.7 Å². The van der Waals surface area contributed by atoms with Crippen LogP contribution < -0.4 is 12.4 Å². The number of halogens is 1. The van der Waals surface area contributed by atoms with Gasteiger partial charge in [0.1, 0.15) is 6.04 Å². The van der Waals surface area contributed by atoms with Crippen molar-refractivity contribution >= 4 is 10.4 Å². The minimum absolute atomic E-state index is 0. The van der Waals surface area contributed by atoms with E-state index in [9.17, 15) is 13.0 Å². The molecular weight excluding hydrogens is 302 g/mol. The molecule has 0 saturated carbocycles. The number of hydrogen-bond acceptors (Lipinski definition) is 4. The van der Waals surface area contributed by atoms with E-state index in [1.165, 1.54) is 5.56 Å². The maximum atomic E-state index is 9.22. The zero-order valence-electron chi connectivity index (χ0n) is 12.1. The van der Waals surface area contributed by atoms with Gasteiger partial charge in [0.05, 0.1) is 28.3 Å². The van der Waals surface area contributed by atoms with Gasteiger partial charge in [-0.2, -0.15) is 0 Å². The second kappa shape index (κ2) is 9.10. The summed E-state index contributed by atoms with van der Waals surface area (Å²) in [4.78, 5) is 0. The molecule has 0 spiro atoms. The smallest absolute Gasteiger partial charge is 0.217 e. The van der Waals surface area contributed by atoms with Gasteiger partial charge in [-0.05, 0) is 6.08 Å². The van der Waals surface area contributed by atoms with Crippen LogP contribution in [0.3, 0.4) is 0 Å². The molecule has 7 heteroatoms. The molecule has 0 amide bonds. The van der Waals surface area contributed by atoms with Crippen molar-refractivity contribution in [2.45, 2.75) is 6.04 Å². The number of nitrogens with zero attached hydrogens (tertiary/aromatic N) is 1. The number of quaternary nitrogens is 1. The van der Waals surface area contributed by atoms with Crippen LogP contribution in [0.15, 0.2) is 43.0 Å². The Kier molecular flexibility index (Phi) is 9.72. The van der Waals surface area contributed by atoms with Gasteiger partial charge in [-0.3, -0.25) is 4.18 Å². The molecule has 116 valence electrons. The quantitative estimate of drug-likeness (QED) is 0.300. The molecule has 1 aromatic rings. The average Bonchev–Trinajstić information content (AvgIpc) is 2.29. The van der Waals surface area contributed by atoms with Crippen LogP contribution in [0.5, 0.6) is 0 Å². The van der Waals surface area contributed by atoms with Crippen LogP contribution >= 0.6 is 0 Å². The van der Waals surface area contributed by atoms with E-state index in [0.29, 0.717) is 6.04 Å². The largest absolute Gasteiger partial charge is 1.00 e. The van der Waals surface area contributed by atoms with Gasteiger partial charge < -0.3 is 21.4 Å². The van der Waals surface area contributed by atoms with Gasteiger partial charge in [0.15, 0.2) is 0 Å². The van der Waals surface area contributed by atoms with Crippen molar-refractivity contribution in [2.75, 3.05) is 28.3 Å². The van der Waals surface area contributed by atoms with Crippen LogP contribution in [0, 0.1) is 0 Å². The maximum absolute atomic E-state index is 9.22. The molecule has 0 bridgehead atoms. The third-order valence-electron chi connectivity index (χ3n) is 2.40. The summed E-state index contributed by atoms with van der Waals surface area (Å²) in [5.41, 5.74) is 1.32. The molecule has 0 aliphatic rings. The molecule has 0 saturated heterocycles. The van der Waals surface area contributed by atoms with Gasteiger partial charge >= 0.3 is 0 Å². The fraction of sp³-hybridized carbons (Fsp3) is 0.385. The van der Waals surface area contributed by atoms with Crippen LogP contribution in [0.1, 0.15) is 11.6 Å². The van der Waals surface area contributed by atoms with Crippen molar-refractivity contribution in [3.63, 3.8) is 0 Å². The van der Waals surface area contributed by atoms with E-state index >= 15 is 0 Å². The van der Waals surface area contributed by atoms with E-state index in [1.54, 1.807) is 0 Å². The van der Waals surface area contributed by atoms with Gasteiger partial charge in [0, 0.05) is 5.56 Å². The maximum Gasteiger partial charge on any atom is 0.217 e. The highest BCUT2D eigenvalue weighted by atomic mass is 35.5. The minimum Gasteiger partial charge on any atom is -1.00 e. The SMILES string of the molecule is C=CC(c1ccccc1)[N+](C)(C)C.COS(=O)(=O)[O-].[Cl-]. The third kappa shape index (κ3) is 9.06. The van der Waals surface area contributed by atoms with Crippen molar-refractivity contribution in [1.82, 2.24) is 0 Å². The molecule has 1 aromatic carbocycles. The first-order chi connectivity index (χ1) is 8.61. The van der Waals surface area contributed by atoms with E-state index in [2.05, 4.69) is 56.2 Å². The van der Waals surface area contributed by atoms with Crippen molar-refractivity contribution in [1.29, 1.82) is 0 Å². The van der Waals surface area contributed by atoms with Crippen LogP contribution in [0.4, 0.5) is 0 Å². The predicted molar refractivity (Wildman–Crippen MR) is 74.1 cm³/mol. The highest BCUT2D eigenvalue weighted by Crippen LogP contribution is 2.23. The molecule has 0 aromatic heterocycles. The first-order valence-corrected chi connectivity index (χ1v) is 6.95. The Morgan fingerprint density at radius 3 is 1.90 bits per heavy atom. The predicted octanol–water partition coefficient (Wildman–Crippen LogP) is -1.28. The van der Waals surface area contributed by atoms with Crippen molar-refractivity contribution in [3.8, 4) is 0 Å².